The largest absolute Gasteiger partial charge is 0.490 e. The molecule has 1 aliphatic rings. The minimum absolute atomic E-state index is 0.302. The van der Waals surface area contributed by atoms with E-state index >= 15 is 0 Å². The van der Waals surface area contributed by atoms with Gasteiger partial charge in [0, 0.05) is 11.4 Å². The summed E-state index contributed by atoms with van der Waals surface area (Å²) in [4.78, 5) is 26.4. The Hall–Kier alpha value is -3.03. The summed E-state index contributed by atoms with van der Waals surface area (Å²) in [6.45, 7) is 1.51. The number of halogens is 1. The summed E-state index contributed by atoms with van der Waals surface area (Å²) in [6.07, 6.45) is 0.824. The van der Waals surface area contributed by atoms with Crippen molar-refractivity contribution >= 4 is 33.2 Å². The van der Waals surface area contributed by atoms with Crippen molar-refractivity contribution in [1.82, 2.24) is 9.13 Å². The Balaban J connectivity index is 1.65. The monoisotopic (exact) mass is 440 g/mol. The van der Waals surface area contributed by atoms with Crippen molar-refractivity contribution in [3.63, 3.8) is 0 Å². The van der Waals surface area contributed by atoms with Gasteiger partial charge in [-0.15, -0.1) is 11.3 Å². The van der Waals surface area contributed by atoms with E-state index in [2.05, 4.69) is 0 Å². The van der Waals surface area contributed by atoms with Gasteiger partial charge in [0.05, 0.1) is 31.0 Å². The van der Waals surface area contributed by atoms with Crippen molar-refractivity contribution in [1.29, 1.82) is 0 Å². The van der Waals surface area contributed by atoms with E-state index in [0.717, 1.165) is 12.0 Å². The van der Waals surface area contributed by atoms with E-state index in [0.29, 0.717) is 52.2 Å². The van der Waals surface area contributed by atoms with Crippen LogP contribution in [0.2, 0.25) is 5.02 Å². The molecule has 30 heavy (non-hydrogen) atoms. The third kappa shape index (κ3) is 3.30. The minimum atomic E-state index is -0.402. The maximum Gasteiger partial charge on any atom is 0.336 e. The van der Waals surface area contributed by atoms with Crippen LogP contribution < -0.4 is 20.7 Å². The normalized spacial score (nSPS) is 13.4. The van der Waals surface area contributed by atoms with Crippen molar-refractivity contribution in [2.75, 3.05) is 13.2 Å². The molecule has 3 heterocycles. The molecule has 1 aliphatic heterocycles. The second-order valence-corrected chi connectivity index (χ2v) is 8.30. The molecule has 0 radical (unpaired) electrons. The molecule has 2 aromatic carbocycles. The predicted octanol–water partition coefficient (Wildman–Crippen LogP) is 4.08. The van der Waals surface area contributed by atoms with Crippen LogP contribution in [0.4, 0.5) is 0 Å². The van der Waals surface area contributed by atoms with Gasteiger partial charge in [0.15, 0.2) is 11.5 Å². The highest BCUT2D eigenvalue weighted by Gasteiger charge is 2.17. The van der Waals surface area contributed by atoms with Crippen LogP contribution in [0.5, 0.6) is 11.5 Å². The Kier molecular flexibility index (Phi) is 4.84. The molecule has 0 bridgehead atoms. The van der Waals surface area contributed by atoms with Gasteiger partial charge >= 0.3 is 5.69 Å². The zero-order valence-corrected chi connectivity index (χ0v) is 17.4. The molecule has 6 nitrogen and oxygen atoms in total. The second-order valence-electron chi connectivity index (χ2n) is 6.95. The number of thiophene rings is 1. The smallest absolute Gasteiger partial charge is 0.336 e. The maximum absolute atomic E-state index is 13.4. The Bertz CT molecular complexity index is 1350. The highest BCUT2D eigenvalue weighted by atomic mass is 35.5. The standard InChI is InChI=1S/C22H17ClN2O4S/c23-15-3-5-16(6-4-15)25-21(26)20-17(8-11-30-20)24(22(25)27)13-14-2-7-18-19(12-14)29-10-1-9-28-18/h2-8,11-12H,1,9-10,13H2. The summed E-state index contributed by atoms with van der Waals surface area (Å²) in [7, 11) is 0. The first-order chi connectivity index (χ1) is 14.6. The number of benzene rings is 2. The molecule has 0 amide bonds. The molecule has 0 saturated heterocycles. The number of hydrogen-bond acceptors (Lipinski definition) is 5. The Morgan fingerprint density at radius 1 is 0.967 bits per heavy atom. The molecule has 152 valence electrons. The lowest BCUT2D eigenvalue weighted by atomic mass is 10.2. The van der Waals surface area contributed by atoms with Gasteiger partial charge < -0.3 is 9.47 Å². The second kappa shape index (κ2) is 7.66. The van der Waals surface area contributed by atoms with E-state index in [1.54, 1.807) is 34.9 Å². The van der Waals surface area contributed by atoms with Crippen LogP contribution in [0, 0.1) is 0 Å². The molecule has 0 atom stereocenters. The first-order valence-corrected chi connectivity index (χ1v) is 10.7. The number of hydrogen-bond donors (Lipinski definition) is 0. The minimum Gasteiger partial charge on any atom is -0.490 e. The summed E-state index contributed by atoms with van der Waals surface area (Å²) in [6, 6.07) is 14.1. The number of fused-ring (bicyclic) bond motifs is 2. The van der Waals surface area contributed by atoms with E-state index in [1.165, 1.54) is 15.9 Å². The van der Waals surface area contributed by atoms with E-state index < -0.39 is 5.69 Å². The maximum atomic E-state index is 13.4. The van der Waals surface area contributed by atoms with Crippen molar-refractivity contribution in [2.24, 2.45) is 0 Å². The fraction of sp³-hybridized carbons (Fsp3) is 0.182. The average molecular weight is 441 g/mol. The van der Waals surface area contributed by atoms with E-state index in [-0.39, 0.29) is 5.56 Å². The molecular formula is C22H17ClN2O4S. The van der Waals surface area contributed by atoms with Gasteiger partial charge in [-0.2, -0.15) is 0 Å². The van der Waals surface area contributed by atoms with Crippen LogP contribution >= 0.6 is 22.9 Å². The fourth-order valence-corrected chi connectivity index (χ4v) is 4.50. The van der Waals surface area contributed by atoms with Crippen LogP contribution in [0.15, 0.2) is 63.5 Å². The van der Waals surface area contributed by atoms with Gasteiger partial charge in [0.25, 0.3) is 5.56 Å². The van der Waals surface area contributed by atoms with Crippen LogP contribution in [0.1, 0.15) is 12.0 Å². The van der Waals surface area contributed by atoms with Gasteiger partial charge in [-0.1, -0.05) is 17.7 Å². The van der Waals surface area contributed by atoms with Gasteiger partial charge in [0.2, 0.25) is 0 Å². The molecule has 0 fully saturated rings. The topological polar surface area (TPSA) is 62.5 Å². The van der Waals surface area contributed by atoms with Crippen molar-refractivity contribution in [3.8, 4) is 17.2 Å². The molecule has 4 aromatic rings. The summed E-state index contributed by atoms with van der Waals surface area (Å²) in [5.74, 6) is 1.38. The van der Waals surface area contributed by atoms with E-state index in [4.69, 9.17) is 21.1 Å². The summed E-state index contributed by atoms with van der Waals surface area (Å²) in [5, 5.41) is 2.36. The van der Waals surface area contributed by atoms with Crippen LogP contribution in [-0.4, -0.2) is 22.3 Å². The summed E-state index contributed by atoms with van der Waals surface area (Å²) >= 11 is 7.29. The molecule has 8 heteroatoms. The summed E-state index contributed by atoms with van der Waals surface area (Å²) in [5.41, 5.74) is 1.25. The summed E-state index contributed by atoms with van der Waals surface area (Å²) < 4.78 is 14.8. The lowest BCUT2D eigenvalue weighted by molar-refractivity contribution is 0.297. The first-order valence-electron chi connectivity index (χ1n) is 9.49. The Morgan fingerprint density at radius 3 is 2.53 bits per heavy atom. The van der Waals surface area contributed by atoms with Gasteiger partial charge in [0.1, 0.15) is 4.70 Å². The zero-order chi connectivity index (χ0) is 20.7. The quantitative estimate of drug-likeness (QED) is 0.481. The lowest BCUT2D eigenvalue weighted by Gasteiger charge is -2.14. The molecule has 2 aromatic heterocycles. The average Bonchev–Trinajstić information content (AvgIpc) is 3.12. The molecule has 0 N–H and O–H groups in total. The van der Waals surface area contributed by atoms with Crippen molar-refractivity contribution in [2.45, 2.75) is 13.0 Å². The van der Waals surface area contributed by atoms with Crippen molar-refractivity contribution < 1.29 is 9.47 Å². The lowest BCUT2D eigenvalue weighted by Crippen LogP contribution is -2.38. The third-order valence-corrected chi connectivity index (χ3v) is 6.14. The zero-order valence-electron chi connectivity index (χ0n) is 15.8. The molecule has 5 rings (SSSR count). The number of ether oxygens (including phenoxy) is 2. The van der Waals surface area contributed by atoms with Gasteiger partial charge in [-0.25, -0.2) is 9.36 Å². The Morgan fingerprint density at radius 2 is 1.73 bits per heavy atom. The van der Waals surface area contributed by atoms with Crippen LogP contribution in [0.25, 0.3) is 15.9 Å². The van der Waals surface area contributed by atoms with E-state index in [9.17, 15) is 9.59 Å². The highest BCUT2D eigenvalue weighted by molar-refractivity contribution is 7.17. The highest BCUT2D eigenvalue weighted by Crippen LogP contribution is 2.31. The first kappa shape index (κ1) is 19.0. The number of aromatic nitrogens is 2. The van der Waals surface area contributed by atoms with Gasteiger partial charge in [-0.05, 0) is 53.4 Å². The van der Waals surface area contributed by atoms with Crippen LogP contribution in [0.3, 0.4) is 0 Å². The van der Waals surface area contributed by atoms with Crippen molar-refractivity contribution in [3.05, 3.63) is 85.3 Å². The van der Waals surface area contributed by atoms with E-state index in [1.807, 2.05) is 23.6 Å². The SMILES string of the molecule is O=c1c2sccc2n(Cc2ccc3c(c2)OCCCO3)c(=O)n1-c1ccc(Cl)cc1. The number of nitrogens with zero attached hydrogens (tertiary/aromatic N) is 2. The molecule has 0 unspecified atom stereocenters. The molecule has 0 saturated carbocycles. The Labute approximate surface area is 180 Å². The molecule has 0 spiro atoms. The molecular weight excluding hydrogens is 424 g/mol. The fourth-order valence-electron chi connectivity index (χ4n) is 3.55. The third-order valence-electron chi connectivity index (χ3n) is 4.99. The van der Waals surface area contributed by atoms with Gasteiger partial charge in [-0.3, -0.25) is 9.36 Å². The molecule has 0 aliphatic carbocycles. The van der Waals surface area contributed by atoms with Crippen LogP contribution in [-0.2, 0) is 6.54 Å². The number of rotatable bonds is 3. The predicted molar refractivity (Wildman–Crippen MR) is 118 cm³/mol.